The topological polar surface area (TPSA) is 29.3 Å². The van der Waals surface area contributed by atoms with E-state index in [-0.39, 0.29) is 0 Å². The average Bonchev–Trinajstić information content (AvgIpc) is 2.85. The Balaban J connectivity index is 1.99. The fraction of sp³-hybridized carbons (Fsp3) is 0.647. The lowest BCUT2D eigenvalue weighted by Crippen LogP contribution is -2.39. The van der Waals surface area contributed by atoms with Crippen LogP contribution in [0.15, 0.2) is 30.3 Å². The van der Waals surface area contributed by atoms with E-state index in [2.05, 4.69) is 49.1 Å². The van der Waals surface area contributed by atoms with E-state index in [4.69, 9.17) is 5.73 Å². The predicted molar refractivity (Wildman–Crippen MR) is 81.9 cm³/mol. The van der Waals surface area contributed by atoms with Gasteiger partial charge in [0.2, 0.25) is 0 Å². The number of benzene rings is 1. The van der Waals surface area contributed by atoms with E-state index in [1.165, 1.54) is 31.4 Å². The number of hydrogen-bond donors (Lipinski definition) is 1. The largest absolute Gasteiger partial charge is 0.330 e. The van der Waals surface area contributed by atoms with Crippen molar-refractivity contribution in [1.82, 2.24) is 4.90 Å². The molecule has 0 bridgehead atoms. The van der Waals surface area contributed by atoms with E-state index in [1.54, 1.807) is 0 Å². The molecule has 1 saturated heterocycles. The van der Waals surface area contributed by atoms with Gasteiger partial charge in [-0.1, -0.05) is 44.2 Å². The summed E-state index contributed by atoms with van der Waals surface area (Å²) in [5.74, 6) is 1.40. The third-order valence-corrected chi connectivity index (χ3v) is 4.26. The molecule has 2 nitrogen and oxygen atoms in total. The highest BCUT2D eigenvalue weighted by molar-refractivity contribution is 5.14. The van der Waals surface area contributed by atoms with Crippen LogP contribution in [-0.4, -0.2) is 24.0 Å². The second kappa shape index (κ2) is 7.06. The summed E-state index contributed by atoms with van der Waals surface area (Å²) in [6.07, 6.45) is 3.90. The van der Waals surface area contributed by atoms with Gasteiger partial charge in [-0.05, 0) is 49.8 Å². The molecule has 1 heterocycles. The van der Waals surface area contributed by atoms with Crippen molar-refractivity contribution >= 4 is 0 Å². The zero-order valence-corrected chi connectivity index (χ0v) is 12.4. The lowest BCUT2D eigenvalue weighted by molar-refractivity contribution is 0.168. The summed E-state index contributed by atoms with van der Waals surface area (Å²) in [5, 5.41) is 0. The number of nitrogens with zero attached hydrogens (tertiary/aromatic N) is 1. The molecule has 2 atom stereocenters. The highest BCUT2D eigenvalue weighted by Crippen LogP contribution is 2.29. The zero-order chi connectivity index (χ0) is 13.7. The molecule has 106 valence electrons. The number of nitrogens with two attached hydrogens (primary N) is 1. The van der Waals surface area contributed by atoms with Gasteiger partial charge in [0.1, 0.15) is 0 Å². The second-order valence-corrected chi connectivity index (χ2v) is 6.29. The lowest BCUT2D eigenvalue weighted by atomic mass is 9.89. The van der Waals surface area contributed by atoms with E-state index in [0.717, 1.165) is 19.0 Å². The van der Waals surface area contributed by atoms with Crippen molar-refractivity contribution < 1.29 is 0 Å². The summed E-state index contributed by atoms with van der Waals surface area (Å²) < 4.78 is 0. The molecule has 2 rings (SSSR count). The van der Waals surface area contributed by atoms with Gasteiger partial charge in [-0.2, -0.15) is 0 Å². The third kappa shape index (κ3) is 4.05. The van der Waals surface area contributed by atoms with Gasteiger partial charge in [0.25, 0.3) is 0 Å². The van der Waals surface area contributed by atoms with Gasteiger partial charge in [0.05, 0.1) is 0 Å². The van der Waals surface area contributed by atoms with Crippen LogP contribution in [0.3, 0.4) is 0 Å². The molecule has 0 radical (unpaired) electrons. The first kappa shape index (κ1) is 14.5. The summed E-state index contributed by atoms with van der Waals surface area (Å²) >= 11 is 0. The predicted octanol–water partition coefficient (Wildman–Crippen LogP) is 3.27. The fourth-order valence-electron chi connectivity index (χ4n) is 3.42. The standard InChI is InChI=1S/C17H28N2/c1-14(2)11-16(12-18)17-9-6-10-19(17)13-15-7-4-3-5-8-15/h3-5,7-8,14,16-17H,6,9-13,18H2,1-2H3. The van der Waals surface area contributed by atoms with Crippen LogP contribution in [0.1, 0.15) is 38.7 Å². The van der Waals surface area contributed by atoms with Gasteiger partial charge >= 0.3 is 0 Å². The quantitative estimate of drug-likeness (QED) is 0.850. The molecule has 0 amide bonds. The second-order valence-electron chi connectivity index (χ2n) is 6.29. The minimum Gasteiger partial charge on any atom is -0.330 e. The van der Waals surface area contributed by atoms with Crippen LogP contribution < -0.4 is 5.73 Å². The zero-order valence-electron chi connectivity index (χ0n) is 12.4. The van der Waals surface area contributed by atoms with Crippen LogP contribution >= 0.6 is 0 Å². The van der Waals surface area contributed by atoms with Gasteiger partial charge in [-0.3, -0.25) is 4.90 Å². The maximum atomic E-state index is 6.03. The molecule has 0 aromatic heterocycles. The first-order valence-electron chi connectivity index (χ1n) is 7.68. The normalized spacial score (nSPS) is 22.0. The molecule has 1 aliphatic rings. The Morgan fingerprint density at radius 3 is 2.63 bits per heavy atom. The lowest BCUT2D eigenvalue weighted by Gasteiger charge is -2.32. The summed E-state index contributed by atoms with van der Waals surface area (Å²) in [4.78, 5) is 2.65. The van der Waals surface area contributed by atoms with Crippen molar-refractivity contribution in [3.05, 3.63) is 35.9 Å². The van der Waals surface area contributed by atoms with Crippen LogP contribution in [0, 0.1) is 11.8 Å². The monoisotopic (exact) mass is 260 g/mol. The van der Waals surface area contributed by atoms with Crippen molar-refractivity contribution in [2.45, 2.75) is 45.7 Å². The van der Waals surface area contributed by atoms with Crippen molar-refractivity contribution in [1.29, 1.82) is 0 Å². The van der Waals surface area contributed by atoms with Crippen LogP contribution in [-0.2, 0) is 6.54 Å². The number of hydrogen-bond acceptors (Lipinski definition) is 2. The van der Waals surface area contributed by atoms with Crippen molar-refractivity contribution in [2.24, 2.45) is 17.6 Å². The van der Waals surface area contributed by atoms with Crippen LogP contribution in [0.2, 0.25) is 0 Å². The van der Waals surface area contributed by atoms with E-state index < -0.39 is 0 Å². The summed E-state index contributed by atoms with van der Waals surface area (Å²) in [7, 11) is 0. The Morgan fingerprint density at radius 1 is 1.26 bits per heavy atom. The smallest absolute Gasteiger partial charge is 0.0236 e. The van der Waals surface area contributed by atoms with Gasteiger partial charge in [0.15, 0.2) is 0 Å². The molecular weight excluding hydrogens is 232 g/mol. The molecule has 19 heavy (non-hydrogen) atoms. The SMILES string of the molecule is CC(C)CC(CN)C1CCCN1Cc1ccccc1. The average molecular weight is 260 g/mol. The number of rotatable bonds is 6. The Morgan fingerprint density at radius 2 is 2.00 bits per heavy atom. The van der Waals surface area contributed by atoms with E-state index in [0.29, 0.717) is 12.0 Å². The Bertz CT molecular complexity index is 361. The van der Waals surface area contributed by atoms with Crippen LogP contribution in [0.5, 0.6) is 0 Å². The van der Waals surface area contributed by atoms with Crippen LogP contribution in [0.4, 0.5) is 0 Å². The molecule has 0 spiro atoms. The maximum absolute atomic E-state index is 6.03. The molecule has 1 aromatic rings. The van der Waals surface area contributed by atoms with E-state index >= 15 is 0 Å². The molecule has 2 N–H and O–H groups in total. The highest BCUT2D eigenvalue weighted by Gasteiger charge is 2.31. The molecular formula is C17H28N2. The Hall–Kier alpha value is -0.860. The van der Waals surface area contributed by atoms with Crippen molar-refractivity contribution in [3.8, 4) is 0 Å². The fourth-order valence-corrected chi connectivity index (χ4v) is 3.42. The molecule has 0 saturated carbocycles. The Labute approximate surface area is 118 Å². The highest BCUT2D eigenvalue weighted by atomic mass is 15.2. The summed E-state index contributed by atoms with van der Waals surface area (Å²) in [6, 6.07) is 11.5. The third-order valence-electron chi connectivity index (χ3n) is 4.26. The molecule has 1 aromatic carbocycles. The molecule has 2 unspecified atom stereocenters. The molecule has 1 aliphatic heterocycles. The Kier molecular flexibility index (Phi) is 5.41. The first-order chi connectivity index (χ1) is 9.20. The minimum absolute atomic E-state index is 0.659. The minimum atomic E-state index is 0.659. The van der Waals surface area contributed by atoms with Crippen molar-refractivity contribution in [2.75, 3.05) is 13.1 Å². The summed E-state index contributed by atoms with van der Waals surface area (Å²) in [6.45, 7) is 7.75. The van der Waals surface area contributed by atoms with Gasteiger partial charge in [0, 0.05) is 12.6 Å². The number of likely N-dealkylation sites (tertiary alicyclic amines) is 1. The van der Waals surface area contributed by atoms with Crippen LogP contribution in [0.25, 0.3) is 0 Å². The molecule has 2 heteroatoms. The maximum Gasteiger partial charge on any atom is 0.0236 e. The van der Waals surface area contributed by atoms with Gasteiger partial charge < -0.3 is 5.73 Å². The van der Waals surface area contributed by atoms with Crippen molar-refractivity contribution in [3.63, 3.8) is 0 Å². The summed E-state index contributed by atoms with van der Waals surface area (Å²) in [5.41, 5.74) is 7.46. The van der Waals surface area contributed by atoms with Gasteiger partial charge in [-0.25, -0.2) is 0 Å². The van der Waals surface area contributed by atoms with E-state index in [1.807, 2.05) is 0 Å². The first-order valence-corrected chi connectivity index (χ1v) is 7.68. The van der Waals surface area contributed by atoms with E-state index in [9.17, 15) is 0 Å². The van der Waals surface area contributed by atoms with Gasteiger partial charge in [-0.15, -0.1) is 0 Å². The molecule has 0 aliphatic carbocycles. The molecule has 1 fully saturated rings.